The molecule has 2 heterocycles. The van der Waals surface area contributed by atoms with Crippen molar-refractivity contribution in [3.8, 4) is 0 Å². The van der Waals surface area contributed by atoms with Gasteiger partial charge in [0.25, 0.3) is 0 Å². The minimum absolute atomic E-state index is 0.441. The fraction of sp³-hybridized carbons (Fsp3) is 0.375. The molecule has 0 radical (unpaired) electrons. The van der Waals surface area contributed by atoms with E-state index in [-0.39, 0.29) is 0 Å². The second kappa shape index (κ2) is 6.37. The Kier molecular flexibility index (Phi) is 4.31. The minimum atomic E-state index is -0.830. The lowest BCUT2D eigenvalue weighted by Gasteiger charge is -2.15. The number of rotatable bonds is 5. The number of nitrogens with zero attached hydrogens (tertiary/aromatic N) is 2. The lowest BCUT2D eigenvalue weighted by Crippen LogP contribution is -2.20. The molecule has 1 saturated heterocycles. The number of thiazole rings is 1. The molecule has 0 bridgehead atoms. The first kappa shape index (κ1) is 14.2. The summed E-state index contributed by atoms with van der Waals surface area (Å²) in [5.41, 5.74) is 1.39. The predicted molar refractivity (Wildman–Crippen MR) is 82.6 cm³/mol. The van der Waals surface area contributed by atoms with Crippen molar-refractivity contribution in [1.29, 1.82) is 0 Å². The highest BCUT2D eigenvalue weighted by Crippen LogP contribution is 2.24. The highest BCUT2D eigenvalue weighted by molar-refractivity contribution is 7.09. The zero-order chi connectivity index (χ0) is 14.7. The number of hydrogen-bond acceptors (Lipinski definition) is 4. The maximum atomic E-state index is 11.3. The standard InChI is InChI=1S/C16H18N2O2S/c19-16(20)14-4-2-1-3-13(14)9-12-5-7-18(10-12)11-15-17-6-8-21-15/h1-4,6,8,12H,5,7,9-11H2,(H,19,20). The number of benzene rings is 1. The molecule has 1 atom stereocenters. The molecule has 110 valence electrons. The van der Waals surface area contributed by atoms with Gasteiger partial charge in [-0.1, -0.05) is 18.2 Å². The van der Waals surface area contributed by atoms with Crippen LogP contribution in [0.5, 0.6) is 0 Å². The number of aromatic nitrogens is 1. The van der Waals surface area contributed by atoms with Crippen LogP contribution in [0.4, 0.5) is 0 Å². The van der Waals surface area contributed by atoms with Crippen molar-refractivity contribution < 1.29 is 9.90 Å². The summed E-state index contributed by atoms with van der Waals surface area (Å²) >= 11 is 1.69. The molecule has 2 aromatic rings. The Balaban J connectivity index is 1.61. The van der Waals surface area contributed by atoms with Crippen molar-refractivity contribution in [3.05, 3.63) is 52.0 Å². The van der Waals surface area contributed by atoms with Gasteiger partial charge in [0.2, 0.25) is 0 Å². The summed E-state index contributed by atoms with van der Waals surface area (Å²) in [5, 5.41) is 12.4. The molecule has 0 amide bonds. The molecular weight excluding hydrogens is 284 g/mol. The summed E-state index contributed by atoms with van der Waals surface area (Å²) < 4.78 is 0. The van der Waals surface area contributed by atoms with Crippen molar-refractivity contribution in [1.82, 2.24) is 9.88 Å². The molecule has 5 heteroatoms. The molecule has 1 aromatic carbocycles. The van der Waals surface area contributed by atoms with Crippen molar-refractivity contribution in [2.45, 2.75) is 19.4 Å². The molecule has 1 aromatic heterocycles. The third kappa shape index (κ3) is 3.49. The zero-order valence-electron chi connectivity index (χ0n) is 11.7. The Morgan fingerprint density at radius 1 is 1.43 bits per heavy atom. The molecule has 4 nitrogen and oxygen atoms in total. The van der Waals surface area contributed by atoms with Crippen molar-refractivity contribution in [3.63, 3.8) is 0 Å². The van der Waals surface area contributed by atoms with E-state index in [0.717, 1.165) is 43.0 Å². The average molecular weight is 302 g/mol. The quantitative estimate of drug-likeness (QED) is 0.922. The maximum Gasteiger partial charge on any atom is 0.335 e. The van der Waals surface area contributed by atoms with Crippen LogP contribution in [0, 0.1) is 5.92 Å². The average Bonchev–Trinajstić information content (AvgIpc) is 3.12. The van der Waals surface area contributed by atoms with Crippen LogP contribution in [0.3, 0.4) is 0 Å². The predicted octanol–water partition coefficient (Wildman–Crippen LogP) is 2.91. The van der Waals surface area contributed by atoms with Crippen LogP contribution >= 0.6 is 11.3 Å². The highest BCUT2D eigenvalue weighted by Gasteiger charge is 2.24. The van der Waals surface area contributed by atoms with Crippen molar-refractivity contribution in [2.24, 2.45) is 5.92 Å². The zero-order valence-corrected chi connectivity index (χ0v) is 12.6. The number of likely N-dealkylation sites (tertiary alicyclic amines) is 1. The minimum Gasteiger partial charge on any atom is -0.478 e. The summed E-state index contributed by atoms with van der Waals surface area (Å²) in [6.07, 6.45) is 3.81. The maximum absolute atomic E-state index is 11.3. The van der Waals surface area contributed by atoms with Crippen LogP contribution in [0.2, 0.25) is 0 Å². The summed E-state index contributed by atoms with van der Waals surface area (Å²) in [6.45, 7) is 3.00. The Morgan fingerprint density at radius 3 is 3.05 bits per heavy atom. The van der Waals surface area contributed by atoms with Crippen LogP contribution in [0.15, 0.2) is 35.8 Å². The topological polar surface area (TPSA) is 53.4 Å². The molecule has 21 heavy (non-hydrogen) atoms. The van der Waals surface area contributed by atoms with Gasteiger partial charge in [-0.15, -0.1) is 11.3 Å². The molecule has 1 N–H and O–H groups in total. The van der Waals surface area contributed by atoms with E-state index < -0.39 is 5.97 Å². The van der Waals surface area contributed by atoms with Crippen LogP contribution in [-0.2, 0) is 13.0 Å². The third-order valence-corrected chi connectivity index (χ3v) is 4.73. The molecule has 0 aliphatic carbocycles. The molecule has 1 unspecified atom stereocenters. The van der Waals surface area contributed by atoms with E-state index in [2.05, 4.69) is 9.88 Å². The monoisotopic (exact) mass is 302 g/mol. The van der Waals surface area contributed by atoms with Gasteiger partial charge in [0.1, 0.15) is 5.01 Å². The van der Waals surface area contributed by atoms with E-state index in [9.17, 15) is 9.90 Å². The number of carboxylic acid groups (broad SMARTS) is 1. The fourth-order valence-corrected chi connectivity index (χ4v) is 3.62. The number of carbonyl (C=O) groups is 1. The summed E-state index contributed by atoms with van der Waals surface area (Å²) in [7, 11) is 0. The van der Waals surface area contributed by atoms with E-state index >= 15 is 0 Å². The van der Waals surface area contributed by atoms with E-state index in [1.54, 1.807) is 23.5 Å². The first-order valence-corrected chi connectivity index (χ1v) is 8.02. The fourth-order valence-electron chi connectivity index (χ4n) is 2.96. The summed E-state index contributed by atoms with van der Waals surface area (Å²) in [4.78, 5) is 18.0. The Labute approximate surface area is 128 Å². The normalized spacial score (nSPS) is 19.0. The Bertz CT molecular complexity index is 612. The molecule has 3 rings (SSSR count). The second-order valence-electron chi connectivity index (χ2n) is 5.48. The van der Waals surface area contributed by atoms with Crippen molar-refractivity contribution >= 4 is 17.3 Å². The van der Waals surface area contributed by atoms with Crippen LogP contribution in [-0.4, -0.2) is 34.0 Å². The van der Waals surface area contributed by atoms with Crippen molar-refractivity contribution in [2.75, 3.05) is 13.1 Å². The lowest BCUT2D eigenvalue weighted by molar-refractivity contribution is 0.0695. The van der Waals surface area contributed by atoms with Crippen LogP contribution < -0.4 is 0 Å². The number of hydrogen-bond donors (Lipinski definition) is 1. The molecular formula is C16H18N2O2S. The number of aromatic carboxylic acids is 1. The number of carboxylic acids is 1. The third-order valence-electron chi connectivity index (χ3n) is 3.97. The van der Waals surface area contributed by atoms with Gasteiger partial charge >= 0.3 is 5.97 Å². The molecule has 0 spiro atoms. The van der Waals surface area contributed by atoms with Gasteiger partial charge in [0.05, 0.1) is 12.1 Å². The van der Waals surface area contributed by atoms with Gasteiger partial charge in [-0.3, -0.25) is 4.90 Å². The molecule has 1 fully saturated rings. The van der Waals surface area contributed by atoms with Gasteiger partial charge < -0.3 is 5.11 Å². The van der Waals surface area contributed by atoms with Gasteiger partial charge in [-0.2, -0.15) is 0 Å². The largest absolute Gasteiger partial charge is 0.478 e. The van der Waals surface area contributed by atoms with Crippen LogP contribution in [0.1, 0.15) is 27.3 Å². The smallest absolute Gasteiger partial charge is 0.335 e. The van der Waals surface area contributed by atoms with Gasteiger partial charge in [0.15, 0.2) is 0 Å². The highest BCUT2D eigenvalue weighted by atomic mass is 32.1. The van der Waals surface area contributed by atoms with E-state index in [4.69, 9.17) is 0 Å². The molecule has 0 saturated carbocycles. The van der Waals surface area contributed by atoms with Gasteiger partial charge in [-0.05, 0) is 36.9 Å². The van der Waals surface area contributed by atoms with Gasteiger partial charge in [0, 0.05) is 18.1 Å². The Hall–Kier alpha value is -1.72. The first-order chi connectivity index (χ1) is 10.2. The van der Waals surface area contributed by atoms with Gasteiger partial charge in [-0.25, -0.2) is 9.78 Å². The summed E-state index contributed by atoms with van der Waals surface area (Å²) in [5.74, 6) is -0.297. The summed E-state index contributed by atoms with van der Waals surface area (Å²) in [6, 6.07) is 7.34. The Morgan fingerprint density at radius 2 is 2.29 bits per heavy atom. The van der Waals surface area contributed by atoms with E-state index in [1.165, 1.54) is 0 Å². The lowest BCUT2D eigenvalue weighted by atomic mass is 9.95. The first-order valence-electron chi connectivity index (χ1n) is 7.14. The van der Waals surface area contributed by atoms with E-state index in [0.29, 0.717) is 11.5 Å². The molecule has 1 aliphatic rings. The second-order valence-corrected chi connectivity index (χ2v) is 6.46. The molecule has 1 aliphatic heterocycles. The van der Waals surface area contributed by atoms with E-state index in [1.807, 2.05) is 23.7 Å². The SMILES string of the molecule is O=C(O)c1ccccc1CC1CCN(Cc2nccs2)C1. The van der Waals surface area contributed by atoms with Crippen LogP contribution in [0.25, 0.3) is 0 Å².